The van der Waals surface area contributed by atoms with Gasteiger partial charge in [0.25, 0.3) is 11.1 Å². The number of nitrogens with one attached hydrogen (secondary N) is 1. The fraction of sp³-hybridized carbons (Fsp3) is 0.118. The lowest BCUT2D eigenvalue weighted by Crippen LogP contribution is -2.13. The van der Waals surface area contributed by atoms with Crippen molar-refractivity contribution in [3.8, 4) is 17.2 Å². The topological polar surface area (TPSA) is 88.2 Å². The first-order valence-corrected chi connectivity index (χ1v) is 8.21. The Morgan fingerprint density at radius 1 is 1.17 bits per heavy atom. The second-order valence-electron chi connectivity index (χ2n) is 5.09. The summed E-state index contributed by atoms with van der Waals surface area (Å²) < 4.78 is 5.47. The molecule has 0 radical (unpaired) electrons. The monoisotopic (exact) mass is 341 g/mol. The largest absolute Gasteiger partial charge is 0.507 e. The van der Waals surface area contributed by atoms with Gasteiger partial charge in [-0.1, -0.05) is 41.6 Å². The zero-order chi connectivity index (χ0) is 16.9. The van der Waals surface area contributed by atoms with Gasteiger partial charge in [-0.15, -0.1) is 10.2 Å². The molecule has 1 aromatic heterocycles. The van der Waals surface area contributed by atoms with E-state index in [2.05, 4.69) is 15.5 Å². The first-order valence-electron chi connectivity index (χ1n) is 7.23. The Morgan fingerprint density at radius 3 is 2.67 bits per heavy atom. The Labute approximate surface area is 142 Å². The Kier molecular flexibility index (Phi) is 4.81. The number of nitrogens with zero attached hydrogens (tertiary/aromatic N) is 2. The smallest absolute Gasteiger partial charge is 0.277 e. The maximum absolute atomic E-state index is 11.9. The number of anilines is 1. The number of hydrogen-bond donors (Lipinski definition) is 2. The summed E-state index contributed by atoms with van der Waals surface area (Å²) in [7, 11) is 0. The maximum Gasteiger partial charge on any atom is 0.277 e. The standard InChI is InChI=1S/C17H15N3O3S/c1-11-6-8-12(9-7-11)18-15(22)10-24-17-20-19-16(23-17)13-4-2-3-5-14(13)21/h2-9,21H,10H2,1H3,(H,18,22). The number of carbonyl (C=O) groups is 1. The number of aromatic nitrogens is 2. The summed E-state index contributed by atoms with van der Waals surface area (Å²) in [5.41, 5.74) is 2.33. The summed E-state index contributed by atoms with van der Waals surface area (Å²) >= 11 is 1.14. The average Bonchev–Trinajstić information content (AvgIpc) is 3.04. The Bertz CT molecular complexity index is 846. The third-order valence-corrected chi connectivity index (χ3v) is 4.02. The normalized spacial score (nSPS) is 10.5. The van der Waals surface area contributed by atoms with E-state index in [1.165, 1.54) is 0 Å². The zero-order valence-electron chi connectivity index (χ0n) is 12.9. The highest BCUT2D eigenvalue weighted by Crippen LogP contribution is 2.29. The van der Waals surface area contributed by atoms with E-state index in [-0.39, 0.29) is 28.5 Å². The second kappa shape index (κ2) is 7.18. The van der Waals surface area contributed by atoms with Gasteiger partial charge in [0.2, 0.25) is 5.91 Å². The highest BCUT2D eigenvalue weighted by Gasteiger charge is 2.13. The van der Waals surface area contributed by atoms with E-state index in [0.29, 0.717) is 5.56 Å². The molecule has 1 heterocycles. The van der Waals surface area contributed by atoms with Crippen LogP contribution in [0.25, 0.3) is 11.5 Å². The molecule has 0 spiro atoms. The predicted octanol–water partition coefficient (Wildman–Crippen LogP) is 3.48. The molecule has 3 rings (SSSR count). The summed E-state index contributed by atoms with van der Waals surface area (Å²) in [4.78, 5) is 11.9. The summed E-state index contributed by atoms with van der Waals surface area (Å²) in [5, 5.41) is 20.6. The van der Waals surface area contributed by atoms with Crippen molar-refractivity contribution in [3.05, 3.63) is 54.1 Å². The van der Waals surface area contributed by atoms with Crippen molar-refractivity contribution in [2.75, 3.05) is 11.1 Å². The van der Waals surface area contributed by atoms with E-state index in [9.17, 15) is 9.90 Å². The number of para-hydroxylation sites is 1. The van der Waals surface area contributed by atoms with E-state index < -0.39 is 0 Å². The van der Waals surface area contributed by atoms with Crippen LogP contribution < -0.4 is 5.32 Å². The number of thioether (sulfide) groups is 1. The molecule has 3 aromatic rings. The molecule has 0 bridgehead atoms. The molecule has 0 saturated carbocycles. The quantitative estimate of drug-likeness (QED) is 0.691. The molecule has 6 nitrogen and oxygen atoms in total. The summed E-state index contributed by atoms with van der Waals surface area (Å²) in [6.07, 6.45) is 0. The lowest BCUT2D eigenvalue weighted by Gasteiger charge is -2.04. The molecule has 1 amide bonds. The molecule has 24 heavy (non-hydrogen) atoms. The number of phenolic OH excluding ortho intramolecular Hbond substituents is 1. The van der Waals surface area contributed by atoms with Gasteiger partial charge in [0, 0.05) is 5.69 Å². The fourth-order valence-corrected chi connectivity index (χ4v) is 2.56. The lowest BCUT2D eigenvalue weighted by molar-refractivity contribution is -0.113. The molecule has 0 aliphatic rings. The van der Waals surface area contributed by atoms with Crippen LogP contribution >= 0.6 is 11.8 Å². The number of phenols is 1. The number of aryl methyl sites for hydroxylation is 1. The number of amides is 1. The van der Waals surface area contributed by atoms with Gasteiger partial charge >= 0.3 is 0 Å². The Balaban J connectivity index is 1.58. The number of carbonyl (C=O) groups excluding carboxylic acids is 1. The first-order chi connectivity index (χ1) is 11.6. The molecule has 2 aromatic carbocycles. The number of rotatable bonds is 5. The summed E-state index contributed by atoms with van der Waals surface area (Å²) in [6, 6.07) is 14.3. The average molecular weight is 341 g/mol. The van der Waals surface area contributed by atoms with Crippen LogP contribution in [0.5, 0.6) is 5.75 Å². The maximum atomic E-state index is 11.9. The van der Waals surface area contributed by atoms with Gasteiger partial charge in [-0.3, -0.25) is 4.79 Å². The Morgan fingerprint density at radius 2 is 1.92 bits per heavy atom. The van der Waals surface area contributed by atoms with Gasteiger partial charge in [0.1, 0.15) is 5.75 Å². The van der Waals surface area contributed by atoms with Crippen LogP contribution in [0, 0.1) is 6.92 Å². The zero-order valence-corrected chi connectivity index (χ0v) is 13.7. The van der Waals surface area contributed by atoms with Gasteiger partial charge < -0.3 is 14.8 Å². The van der Waals surface area contributed by atoms with E-state index >= 15 is 0 Å². The highest BCUT2D eigenvalue weighted by atomic mass is 32.2. The number of benzene rings is 2. The van der Waals surface area contributed by atoms with Crippen molar-refractivity contribution >= 4 is 23.4 Å². The second-order valence-corrected chi connectivity index (χ2v) is 6.02. The SMILES string of the molecule is Cc1ccc(NC(=O)CSc2nnc(-c3ccccc3O)o2)cc1. The van der Waals surface area contributed by atoms with Crippen LogP contribution in [0.15, 0.2) is 58.2 Å². The van der Waals surface area contributed by atoms with Gasteiger partial charge in [0.15, 0.2) is 0 Å². The molecule has 0 atom stereocenters. The molecule has 0 fully saturated rings. The highest BCUT2D eigenvalue weighted by molar-refractivity contribution is 7.99. The van der Waals surface area contributed by atoms with E-state index in [1.807, 2.05) is 31.2 Å². The van der Waals surface area contributed by atoms with Crippen molar-refractivity contribution in [1.82, 2.24) is 10.2 Å². The molecule has 0 aliphatic carbocycles. The van der Waals surface area contributed by atoms with Crippen LogP contribution in [-0.2, 0) is 4.79 Å². The minimum atomic E-state index is -0.161. The lowest BCUT2D eigenvalue weighted by atomic mass is 10.2. The van der Waals surface area contributed by atoms with E-state index in [1.54, 1.807) is 24.3 Å². The van der Waals surface area contributed by atoms with Crippen LogP contribution in [-0.4, -0.2) is 27.0 Å². The molecule has 0 saturated heterocycles. The minimum Gasteiger partial charge on any atom is -0.507 e. The first kappa shape index (κ1) is 16.1. The number of hydrogen-bond acceptors (Lipinski definition) is 6. The van der Waals surface area contributed by atoms with E-state index in [0.717, 1.165) is 23.0 Å². The minimum absolute atomic E-state index is 0.0646. The predicted molar refractivity (Wildman–Crippen MR) is 91.9 cm³/mol. The molecule has 2 N–H and O–H groups in total. The third-order valence-electron chi connectivity index (χ3n) is 3.20. The number of aromatic hydroxyl groups is 1. The van der Waals surface area contributed by atoms with Crippen molar-refractivity contribution in [2.24, 2.45) is 0 Å². The van der Waals surface area contributed by atoms with Gasteiger partial charge in [0.05, 0.1) is 11.3 Å². The summed E-state index contributed by atoms with van der Waals surface area (Å²) in [6.45, 7) is 1.99. The van der Waals surface area contributed by atoms with Crippen LogP contribution in [0.4, 0.5) is 5.69 Å². The van der Waals surface area contributed by atoms with Crippen molar-refractivity contribution < 1.29 is 14.3 Å². The molecular formula is C17H15N3O3S. The van der Waals surface area contributed by atoms with Crippen molar-refractivity contribution in [3.63, 3.8) is 0 Å². The van der Waals surface area contributed by atoms with Crippen LogP contribution in [0.3, 0.4) is 0 Å². The van der Waals surface area contributed by atoms with Crippen molar-refractivity contribution in [2.45, 2.75) is 12.1 Å². The third kappa shape index (κ3) is 3.94. The molecule has 0 unspecified atom stereocenters. The van der Waals surface area contributed by atoms with Crippen LogP contribution in [0.2, 0.25) is 0 Å². The van der Waals surface area contributed by atoms with Crippen LogP contribution in [0.1, 0.15) is 5.56 Å². The van der Waals surface area contributed by atoms with Gasteiger partial charge in [-0.05, 0) is 31.2 Å². The van der Waals surface area contributed by atoms with Gasteiger partial charge in [-0.25, -0.2) is 0 Å². The molecule has 7 heteroatoms. The molecular weight excluding hydrogens is 326 g/mol. The molecule has 0 aliphatic heterocycles. The summed E-state index contributed by atoms with van der Waals surface area (Å²) in [5.74, 6) is 0.270. The Hall–Kier alpha value is -2.80. The van der Waals surface area contributed by atoms with Crippen molar-refractivity contribution in [1.29, 1.82) is 0 Å². The van der Waals surface area contributed by atoms with Gasteiger partial charge in [-0.2, -0.15) is 0 Å². The van der Waals surface area contributed by atoms with E-state index in [4.69, 9.17) is 4.42 Å². The molecule has 122 valence electrons. The fourth-order valence-electron chi connectivity index (χ4n) is 1.99.